The van der Waals surface area contributed by atoms with Crippen molar-refractivity contribution in [3.05, 3.63) is 0 Å². The summed E-state index contributed by atoms with van der Waals surface area (Å²) in [6.07, 6.45) is 0.623. The maximum absolute atomic E-state index is 13.9. The number of hydrogen-bond acceptors (Lipinski definition) is 3. The predicted octanol–water partition coefficient (Wildman–Crippen LogP) is 1.21. The number of likely N-dealkylation sites (N-methyl/N-ethyl adjacent to an activating group) is 1. The summed E-state index contributed by atoms with van der Waals surface area (Å²) in [4.78, 5) is 6.34. The van der Waals surface area contributed by atoms with Crippen LogP contribution in [0, 0.1) is 5.92 Å². The molecule has 0 aliphatic carbocycles. The molecule has 0 aromatic rings. The number of halogens is 2. The Morgan fingerprint density at radius 1 is 1.06 bits per heavy atom. The summed E-state index contributed by atoms with van der Waals surface area (Å²) in [5.74, 6) is -2.98. The number of nitrogens with zero attached hydrogens (tertiary/aromatic N) is 3. The minimum atomic E-state index is -2.52. The van der Waals surface area contributed by atoms with Gasteiger partial charge in [-0.1, -0.05) is 6.92 Å². The highest BCUT2D eigenvalue weighted by molar-refractivity contribution is 4.88. The minimum Gasteiger partial charge on any atom is -0.301 e. The van der Waals surface area contributed by atoms with Gasteiger partial charge >= 0.3 is 0 Å². The smallest absolute Gasteiger partial charge is 0.264 e. The molecule has 3 nitrogen and oxygen atoms in total. The molecule has 0 aromatic heterocycles. The molecule has 2 aliphatic heterocycles. The molecule has 0 spiro atoms. The summed E-state index contributed by atoms with van der Waals surface area (Å²) < 4.78 is 27.9. The average Bonchev–Trinajstić information content (AvgIpc) is 2.33. The molecule has 1 unspecified atom stereocenters. The minimum absolute atomic E-state index is 0.0768. The monoisotopic (exact) mass is 261 g/mol. The van der Waals surface area contributed by atoms with Gasteiger partial charge in [0.15, 0.2) is 0 Å². The summed E-state index contributed by atoms with van der Waals surface area (Å²) >= 11 is 0. The molecule has 0 saturated carbocycles. The van der Waals surface area contributed by atoms with Gasteiger partial charge in [-0.3, -0.25) is 0 Å². The van der Waals surface area contributed by atoms with E-state index in [4.69, 9.17) is 0 Å². The topological polar surface area (TPSA) is 9.72 Å². The lowest BCUT2D eigenvalue weighted by Gasteiger charge is -2.41. The van der Waals surface area contributed by atoms with Gasteiger partial charge in [-0.05, 0) is 26.6 Å². The maximum atomic E-state index is 13.9. The van der Waals surface area contributed by atoms with E-state index in [0.29, 0.717) is 13.0 Å². The Hall–Kier alpha value is -0.260. The largest absolute Gasteiger partial charge is 0.301 e. The number of likely N-dealkylation sites (tertiary alicyclic amines) is 1. The predicted molar refractivity (Wildman–Crippen MR) is 69.1 cm³/mol. The lowest BCUT2D eigenvalue weighted by molar-refractivity contribution is -0.115. The van der Waals surface area contributed by atoms with Gasteiger partial charge in [0.1, 0.15) is 0 Å². The van der Waals surface area contributed by atoms with Crippen molar-refractivity contribution < 1.29 is 8.78 Å². The zero-order valence-electron chi connectivity index (χ0n) is 11.5. The average molecular weight is 261 g/mol. The van der Waals surface area contributed by atoms with Crippen LogP contribution in [0.2, 0.25) is 0 Å². The van der Waals surface area contributed by atoms with Crippen LogP contribution in [-0.2, 0) is 0 Å². The fourth-order valence-corrected chi connectivity index (χ4v) is 2.98. The van der Waals surface area contributed by atoms with Crippen LogP contribution in [0.25, 0.3) is 0 Å². The van der Waals surface area contributed by atoms with Crippen molar-refractivity contribution in [2.75, 3.05) is 59.4 Å². The van der Waals surface area contributed by atoms with Crippen molar-refractivity contribution in [3.8, 4) is 0 Å². The maximum Gasteiger partial charge on any atom is 0.264 e. The molecule has 106 valence electrons. The molecule has 2 saturated heterocycles. The Morgan fingerprint density at radius 2 is 1.67 bits per heavy atom. The van der Waals surface area contributed by atoms with Crippen molar-refractivity contribution in [2.24, 2.45) is 5.92 Å². The lowest BCUT2D eigenvalue weighted by Crippen LogP contribution is -2.53. The van der Waals surface area contributed by atoms with Crippen molar-refractivity contribution in [1.29, 1.82) is 0 Å². The van der Waals surface area contributed by atoms with Crippen LogP contribution in [0.5, 0.6) is 0 Å². The van der Waals surface area contributed by atoms with Crippen LogP contribution >= 0.6 is 0 Å². The second-order valence-electron chi connectivity index (χ2n) is 5.72. The van der Waals surface area contributed by atoms with Gasteiger partial charge in [-0.15, -0.1) is 0 Å². The molecule has 18 heavy (non-hydrogen) atoms. The molecular weight excluding hydrogens is 236 g/mol. The molecule has 1 atom stereocenters. The molecule has 0 aromatic carbocycles. The van der Waals surface area contributed by atoms with Crippen LogP contribution in [0.4, 0.5) is 8.78 Å². The third-order valence-corrected chi connectivity index (χ3v) is 4.33. The number of hydrogen-bond donors (Lipinski definition) is 0. The molecule has 5 heteroatoms. The van der Waals surface area contributed by atoms with Crippen LogP contribution in [-0.4, -0.2) is 80.0 Å². The quantitative estimate of drug-likeness (QED) is 0.756. The Balaban J connectivity index is 1.82. The molecule has 0 bridgehead atoms. The van der Waals surface area contributed by atoms with E-state index in [1.54, 1.807) is 11.9 Å². The van der Waals surface area contributed by atoms with Crippen LogP contribution in [0.1, 0.15) is 13.3 Å². The number of rotatable bonds is 3. The number of alkyl halides is 2. The Morgan fingerprint density at radius 3 is 2.22 bits per heavy atom. The van der Waals surface area contributed by atoms with Crippen LogP contribution in [0.3, 0.4) is 0 Å². The molecule has 2 fully saturated rings. The van der Waals surface area contributed by atoms with E-state index in [1.165, 1.54) is 0 Å². The van der Waals surface area contributed by atoms with E-state index in [-0.39, 0.29) is 6.54 Å². The highest BCUT2D eigenvalue weighted by Gasteiger charge is 2.44. The van der Waals surface area contributed by atoms with Crippen molar-refractivity contribution >= 4 is 0 Å². The second-order valence-corrected chi connectivity index (χ2v) is 5.72. The molecule has 2 rings (SSSR count). The first kappa shape index (κ1) is 14.2. The van der Waals surface area contributed by atoms with Crippen LogP contribution < -0.4 is 0 Å². The van der Waals surface area contributed by atoms with Crippen molar-refractivity contribution in [1.82, 2.24) is 14.7 Å². The molecule has 2 aliphatic rings. The highest BCUT2D eigenvalue weighted by atomic mass is 19.3. The van der Waals surface area contributed by atoms with E-state index in [2.05, 4.69) is 16.7 Å². The Bertz CT molecular complexity index is 265. The molecule has 2 heterocycles. The highest BCUT2D eigenvalue weighted by Crippen LogP contribution is 2.33. The SMILES string of the molecule is CCN1CCN(CC2CCN(C)CC2(F)F)CC1. The number of piperazine rings is 1. The van der Waals surface area contributed by atoms with Gasteiger partial charge in [0.25, 0.3) is 5.92 Å². The third-order valence-electron chi connectivity index (χ3n) is 4.33. The Labute approximate surface area is 109 Å². The summed E-state index contributed by atoms with van der Waals surface area (Å²) in [5, 5.41) is 0. The molecule has 0 radical (unpaired) electrons. The Kier molecular flexibility index (Phi) is 4.56. The first-order valence-electron chi connectivity index (χ1n) is 7.02. The first-order valence-corrected chi connectivity index (χ1v) is 7.02. The normalized spacial score (nSPS) is 31.7. The van der Waals surface area contributed by atoms with E-state index in [1.807, 2.05) is 0 Å². The van der Waals surface area contributed by atoms with Crippen molar-refractivity contribution in [3.63, 3.8) is 0 Å². The van der Waals surface area contributed by atoms with Crippen LogP contribution in [0.15, 0.2) is 0 Å². The summed E-state index contributed by atoms with van der Waals surface area (Å²) in [6.45, 7) is 8.44. The lowest BCUT2D eigenvalue weighted by atomic mass is 9.92. The van der Waals surface area contributed by atoms with Gasteiger partial charge in [0, 0.05) is 38.6 Å². The standard InChI is InChI=1S/C13H25F2N3/c1-3-17-6-8-18(9-7-17)10-12-4-5-16(2)11-13(12,14)15/h12H,3-11H2,1-2H3. The first-order chi connectivity index (χ1) is 8.51. The number of piperidine rings is 1. The third kappa shape index (κ3) is 3.39. The van der Waals surface area contributed by atoms with E-state index in [9.17, 15) is 8.78 Å². The fraction of sp³-hybridized carbons (Fsp3) is 1.00. The second kappa shape index (κ2) is 5.80. The van der Waals surface area contributed by atoms with E-state index >= 15 is 0 Å². The molecular formula is C13H25F2N3. The van der Waals surface area contributed by atoms with Gasteiger partial charge in [-0.25, -0.2) is 8.78 Å². The fourth-order valence-electron chi connectivity index (χ4n) is 2.98. The van der Waals surface area contributed by atoms with Gasteiger partial charge in [0.2, 0.25) is 0 Å². The molecule has 0 amide bonds. The summed E-state index contributed by atoms with van der Waals surface area (Å²) in [6, 6.07) is 0. The van der Waals surface area contributed by atoms with Crippen molar-refractivity contribution in [2.45, 2.75) is 19.3 Å². The van der Waals surface area contributed by atoms with E-state index in [0.717, 1.165) is 39.3 Å². The zero-order chi connectivity index (χ0) is 13.2. The van der Waals surface area contributed by atoms with Gasteiger partial charge < -0.3 is 14.7 Å². The van der Waals surface area contributed by atoms with Gasteiger partial charge in [0.05, 0.1) is 6.54 Å². The summed E-state index contributed by atoms with van der Waals surface area (Å²) in [5.41, 5.74) is 0. The van der Waals surface area contributed by atoms with Gasteiger partial charge in [-0.2, -0.15) is 0 Å². The summed E-state index contributed by atoms with van der Waals surface area (Å²) in [7, 11) is 1.78. The molecule has 0 N–H and O–H groups in total. The zero-order valence-corrected chi connectivity index (χ0v) is 11.5. The van der Waals surface area contributed by atoms with E-state index < -0.39 is 11.8 Å².